The van der Waals surface area contributed by atoms with Crippen molar-refractivity contribution in [1.82, 2.24) is 122 Å². The Labute approximate surface area is 852 Å². The van der Waals surface area contributed by atoms with Gasteiger partial charge in [0.1, 0.15) is 11.6 Å². The minimum absolute atomic E-state index is 0.00706. The molecular weight excluding hydrogens is 1860 g/mol. The van der Waals surface area contributed by atoms with Gasteiger partial charge in [-0.05, 0) is 144 Å². The predicted molar refractivity (Wildman–Crippen MR) is 558 cm³/mol. The quantitative estimate of drug-likeness (QED) is 0.123. The largest absolute Gasteiger partial charge is 0.338 e. The molecule has 20 heterocycles. The first-order chi connectivity index (χ1) is 70.6. The third kappa shape index (κ3) is 17.6. The average Bonchev–Trinajstić information content (AvgIpc) is 1.53. The van der Waals surface area contributed by atoms with Gasteiger partial charge in [-0.25, -0.2) is 8.78 Å². The average molecular weight is 1990 g/mol. The van der Waals surface area contributed by atoms with Crippen LogP contribution >= 0.6 is 0 Å². The lowest BCUT2D eigenvalue weighted by molar-refractivity contribution is -0.130. The van der Waals surface area contributed by atoms with Gasteiger partial charge in [-0.15, -0.1) is 0 Å². The summed E-state index contributed by atoms with van der Waals surface area (Å²) < 4.78 is 49.3. The number of rotatable bonds is 10. The van der Waals surface area contributed by atoms with E-state index in [0.29, 0.717) is 82.1 Å². The summed E-state index contributed by atoms with van der Waals surface area (Å²) in [5.74, 6) is 4.69. The maximum absolute atomic E-state index is 15.3. The Morgan fingerprint density at radius 3 is 1.05 bits per heavy atom. The van der Waals surface area contributed by atoms with Gasteiger partial charge < -0.3 is 49.0 Å². The second-order valence-corrected chi connectivity index (χ2v) is 41.9. The molecular formula is C110H126F2N30O5. The molecule has 11 aliphatic rings. The smallest absolute Gasteiger partial charge is 0.219 e. The second-order valence-electron chi connectivity index (χ2n) is 41.9. The summed E-state index contributed by atoms with van der Waals surface area (Å²) in [6, 6.07) is 27.6. The molecule has 0 atom stereocenters. The fourth-order valence-corrected chi connectivity index (χ4v) is 23.8. The van der Waals surface area contributed by atoms with Gasteiger partial charge in [-0.2, -0.15) is 51.0 Å². The highest BCUT2D eigenvalue weighted by Gasteiger charge is 2.54. The summed E-state index contributed by atoms with van der Waals surface area (Å²) in [6.07, 6.45) is 29.2. The minimum Gasteiger partial charge on any atom is -0.338 e. The monoisotopic (exact) mass is 1990 g/mol. The summed E-state index contributed by atoms with van der Waals surface area (Å²) in [5.41, 5.74) is 33.0. The predicted octanol–water partition coefficient (Wildman–Crippen LogP) is 14.0. The van der Waals surface area contributed by atoms with E-state index in [4.69, 9.17) is 25.5 Å². The van der Waals surface area contributed by atoms with E-state index in [0.717, 1.165) is 187 Å². The number of carbonyl (C=O) groups excluding carboxylic acids is 5. The molecule has 1 spiro atoms. The molecule has 35 nitrogen and oxygen atoms in total. The van der Waals surface area contributed by atoms with Crippen molar-refractivity contribution in [2.45, 2.75) is 163 Å². The Morgan fingerprint density at radius 2 is 0.646 bits per heavy atom. The molecule has 26 rings (SSSR count). The molecule has 5 amide bonds. The molecule has 10 aromatic heterocycles. The first-order valence-corrected chi connectivity index (χ1v) is 51.0. The number of anilines is 10. The van der Waals surface area contributed by atoms with Gasteiger partial charge in [0, 0.05) is 362 Å². The van der Waals surface area contributed by atoms with Crippen molar-refractivity contribution in [3.05, 3.63) is 237 Å². The fourth-order valence-electron chi connectivity index (χ4n) is 23.8. The number of carbonyl (C=O) groups is 5. The number of amides is 5. The lowest BCUT2D eigenvalue weighted by Crippen LogP contribution is -2.35. The van der Waals surface area contributed by atoms with Crippen LogP contribution in [0, 0.1) is 11.6 Å². The third-order valence-corrected chi connectivity index (χ3v) is 31.8. The van der Waals surface area contributed by atoms with Gasteiger partial charge in [0.25, 0.3) is 0 Å². The van der Waals surface area contributed by atoms with Crippen molar-refractivity contribution in [3.8, 4) is 55.6 Å². The molecule has 1 saturated carbocycles. The van der Waals surface area contributed by atoms with Crippen molar-refractivity contribution >= 4 is 87.1 Å². The molecule has 0 radical (unpaired) electrons. The van der Waals surface area contributed by atoms with E-state index in [9.17, 15) is 24.0 Å². The summed E-state index contributed by atoms with van der Waals surface area (Å²) in [7, 11) is 19.4. The van der Waals surface area contributed by atoms with Crippen LogP contribution in [0.3, 0.4) is 0 Å². The van der Waals surface area contributed by atoms with Gasteiger partial charge >= 0.3 is 0 Å². The van der Waals surface area contributed by atoms with Crippen LogP contribution in [0.15, 0.2) is 141 Å². The molecule has 5 aromatic carbocycles. The zero-order chi connectivity index (χ0) is 103. The Kier molecular flexibility index (Phi) is 24.5. The summed E-state index contributed by atoms with van der Waals surface area (Å²) in [4.78, 5) is 80.3. The molecule has 0 unspecified atom stereocenters. The Morgan fingerprint density at radius 1 is 0.306 bits per heavy atom. The molecule has 1 aliphatic carbocycles. The van der Waals surface area contributed by atoms with Crippen molar-refractivity contribution in [2.75, 3.05) is 89.9 Å². The highest BCUT2D eigenvalue weighted by molar-refractivity contribution is 5.85. The zero-order valence-electron chi connectivity index (χ0n) is 86.9. The number of hydrogen-bond acceptors (Lipinski definition) is 20. The number of halogens is 2. The second kappa shape index (κ2) is 37.5. The first-order valence-electron chi connectivity index (χ1n) is 51.0. The topological polar surface area (TPSA) is 296 Å². The van der Waals surface area contributed by atoms with Gasteiger partial charge in [-0.1, -0.05) is 32.0 Å². The molecule has 15 aromatic rings. The number of nitrogens with zero attached hydrogens (tertiary/aromatic N) is 30. The summed E-state index contributed by atoms with van der Waals surface area (Å²) >= 11 is 0. The van der Waals surface area contributed by atoms with E-state index in [-0.39, 0.29) is 52.0 Å². The van der Waals surface area contributed by atoms with E-state index >= 15 is 8.78 Å². The first kappa shape index (κ1) is 96.2. The number of hydrogen-bond donors (Lipinski definition) is 0. The zero-order valence-corrected chi connectivity index (χ0v) is 86.9. The number of fused-ring (bicyclic) bond motifs is 11. The lowest BCUT2D eigenvalue weighted by Gasteiger charge is -2.32. The van der Waals surface area contributed by atoms with E-state index in [1.807, 2.05) is 199 Å². The summed E-state index contributed by atoms with van der Waals surface area (Å²) in [6.45, 7) is 23.6. The van der Waals surface area contributed by atoms with Crippen LogP contribution in [0.2, 0.25) is 0 Å². The molecule has 760 valence electrons. The van der Waals surface area contributed by atoms with Gasteiger partial charge in [0.05, 0.1) is 69.4 Å². The van der Waals surface area contributed by atoms with Crippen molar-refractivity contribution in [1.29, 1.82) is 0 Å². The van der Waals surface area contributed by atoms with E-state index < -0.39 is 0 Å². The van der Waals surface area contributed by atoms with Crippen LogP contribution in [0.25, 0.3) is 55.6 Å². The molecule has 10 aliphatic heterocycles. The fraction of sp³-hybridized carbons (Fsp3) is 0.409. The van der Waals surface area contributed by atoms with E-state index in [1.54, 1.807) is 62.4 Å². The number of aryl methyl sites for hydroxylation is 11. The Hall–Kier alpha value is -15.6. The highest BCUT2D eigenvalue weighted by atomic mass is 19.1. The molecule has 1 fully saturated rings. The SMILES string of the molecule is CC(=O)N1CCc2c(c(N3CC(C)(C)c4cc(-c5cnn(C)c5)ccc43)nn2C)C1.CC(=O)N1CCc2c(c(N3CC4(CC4)c4cc(-c5cnn(C)c5)ccc43)nn2C)C1.CC(=O)N1CCc2c(c(N3CCCc4cc(-c5cnn(C)c5)ccc43)nn2C)C1.CC(=O)N1CCc2c(c(N3CCc4c3ccc(-c3cnn(C)c3)c4F)nn2C)C1.CC(=O)N1CCc2c(c(N3CCc4cc(-c5cnn(C)c5)cc(F)c43)nn2C)C1. The van der Waals surface area contributed by atoms with Gasteiger partial charge in [0.2, 0.25) is 29.5 Å². The number of aromatic nitrogens is 20. The standard InChI is InChI=1S/C23H26N6O.C23H28N6O.C22H26N6O.2C21H23FN6O/c1-15(30)28-9-6-20-18(13-28)22(25-27(20)3)29-14-23(7-8-23)19-10-16(4-5-21(19)29)17-11-24-26(2)12-17;1-15(30)28-9-8-20-18(13-28)22(25-27(20)5)29-14-23(2,3)19-10-16(6-7-21(19)29)17-11-24-26(4)12-17;1-15(29)27-10-8-21-19(14-27)22(24-26(21)3)28-9-4-5-17-11-16(6-7-20(17)28)18-12-23-25(2)13-18;1-13(29)27-6-5-19-17(12-27)21(24-26(19)3)28-7-4-14-8-15(9-18(22)20(14)28)16-10-23-25(2)11-16;1-13(29)27-8-7-18-17(12-27)21(24-26(18)3)28-9-6-16-19(28)5-4-15(20(16)22)14-10-23-25(2)11-14/h4-5,10-12H,6-9,13-14H2,1-3H3;6-7,10-12H,8-9,13-14H2,1-5H3;6-7,11-13H,4-5,8-10,14H2,1-3H3;8-11H,4-7,12H2,1-3H3;4-5,10-11H,6-9,12H2,1-3H3. The van der Waals surface area contributed by atoms with Crippen LogP contribution < -0.4 is 24.5 Å². The van der Waals surface area contributed by atoms with Gasteiger partial charge in [-0.3, -0.25) is 70.8 Å². The van der Waals surface area contributed by atoms with Crippen LogP contribution in [0.1, 0.15) is 152 Å². The Bertz CT molecular complexity index is 7540. The van der Waals surface area contributed by atoms with Crippen molar-refractivity contribution < 1.29 is 32.8 Å². The van der Waals surface area contributed by atoms with Crippen LogP contribution in [-0.2, 0) is 189 Å². The van der Waals surface area contributed by atoms with E-state index in [2.05, 4.69) is 120 Å². The maximum Gasteiger partial charge on any atom is 0.219 e. The summed E-state index contributed by atoms with van der Waals surface area (Å²) in [5, 5.41) is 45.5. The molecule has 0 saturated heterocycles. The normalized spacial score (nSPS) is 16.6. The van der Waals surface area contributed by atoms with E-state index in [1.165, 1.54) is 97.1 Å². The molecule has 37 heteroatoms. The van der Waals surface area contributed by atoms with Gasteiger partial charge in [0.15, 0.2) is 29.1 Å². The number of benzene rings is 5. The molecule has 0 N–H and O–H groups in total. The highest BCUT2D eigenvalue weighted by Crippen LogP contribution is 2.60. The van der Waals surface area contributed by atoms with Crippen LogP contribution in [0.5, 0.6) is 0 Å². The molecule has 147 heavy (non-hydrogen) atoms. The van der Waals surface area contributed by atoms with Crippen LogP contribution in [0.4, 0.5) is 66.3 Å². The van der Waals surface area contributed by atoms with Crippen LogP contribution in [-0.4, -0.2) is 217 Å². The van der Waals surface area contributed by atoms with Crippen molar-refractivity contribution in [3.63, 3.8) is 0 Å². The molecule has 0 bridgehead atoms. The maximum atomic E-state index is 15.3. The van der Waals surface area contributed by atoms with Crippen molar-refractivity contribution in [2.24, 2.45) is 70.5 Å². The third-order valence-electron chi connectivity index (χ3n) is 31.8. The Balaban J connectivity index is 0.000000104. The lowest BCUT2D eigenvalue weighted by atomic mass is 9.85. The minimum atomic E-state index is -0.252.